The van der Waals surface area contributed by atoms with Crippen molar-refractivity contribution in [2.24, 2.45) is 11.7 Å². The maximum atomic E-state index is 12.8. The Kier molecular flexibility index (Phi) is 12.6. The summed E-state index contributed by atoms with van der Waals surface area (Å²) in [5, 5.41) is 4.25. The molecular weight excluding hydrogens is 409 g/mol. The van der Waals surface area contributed by atoms with E-state index in [1.807, 2.05) is 35.1 Å². The van der Waals surface area contributed by atoms with E-state index in [-0.39, 0.29) is 49.2 Å². The third kappa shape index (κ3) is 7.42. The van der Waals surface area contributed by atoms with Crippen molar-refractivity contribution in [2.45, 2.75) is 57.2 Å². The molecule has 1 aromatic heterocycles. The highest BCUT2D eigenvalue weighted by Gasteiger charge is 2.31. The van der Waals surface area contributed by atoms with E-state index in [0.717, 1.165) is 64.7 Å². The smallest absolute Gasteiger partial charge is 0.225 e. The number of rotatable bonds is 5. The first-order valence-electron chi connectivity index (χ1n) is 9.35. The molecule has 0 aromatic carbocycles. The Bertz CT molecular complexity index is 523. The van der Waals surface area contributed by atoms with E-state index in [1.54, 1.807) is 0 Å². The molecule has 9 heteroatoms. The zero-order valence-electron chi connectivity index (χ0n) is 16.0. The second kappa shape index (κ2) is 12.8. The van der Waals surface area contributed by atoms with Gasteiger partial charge in [0, 0.05) is 57.1 Å². The van der Waals surface area contributed by atoms with Gasteiger partial charge in [-0.1, -0.05) is 6.42 Å². The SMILES string of the molecule is CN(C(=O)C1CCCC(N)C1)C1CCN(CCn2cccn2)CC1.Cl.Cl.Cl. The molecule has 6 nitrogen and oxygen atoms in total. The highest BCUT2D eigenvalue weighted by Crippen LogP contribution is 2.26. The van der Waals surface area contributed by atoms with Crippen LogP contribution in [-0.2, 0) is 11.3 Å². The first-order chi connectivity index (χ1) is 11.6. The fourth-order valence-electron chi connectivity index (χ4n) is 4.13. The molecule has 1 saturated heterocycles. The molecule has 0 spiro atoms. The largest absolute Gasteiger partial charge is 0.342 e. The summed E-state index contributed by atoms with van der Waals surface area (Å²) in [5.74, 6) is 0.469. The van der Waals surface area contributed by atoms with E-state index >= 15 is 0 Å². The van der Waals surface area contributed by atoms with Gasteiger partial charge in [0.2, 0.25) is 5.91 Å². The highest BCUT2D eigenvalue weighted by atomic mass is 35.5. The van der Waals surface area contributed by atoms with Crippen molar-refractivity contribution < 1.29 is 4.79 Å². The van der Waals surface area contributed by atoms with Gasteiger partial charge < -0.3 is 15.5 Å². The Morgan fingerprint density at radius 3 is 2.44 bits per heavy atom. The lowest BCUT2D eigenvalue weighted by molar-refractivity contribution is -0.138. The van der Waals surface area contributed by atoms with Gasteiger partial charge in [-0.25, -0.2) is 0 Å². The Morgan fingerprint density at radius 2 is 1.85 bits per heavy atom. The molecule has 1 saturated carbocycles. The first-order valence-corrected chi connectivity index (χ1v) is 9.35. The molecule has 1 amide bonds. The predicted molar refractivity (Wildman–Crippen MR) is 116 cm³/mol. The maximum Gasteiger partial charge on any atom is 0.225 e. The third-order valence-corrected chi connectivity index (χ3v) is 5.72. The molecule has 1 aliphatic heterocycles. The summed E-state index contributed by atoms with van der Waals surface area (Å²) in [6.07, 6.45) is 10.0. The molecule has 2 fully saturated rings. The Morgan fingerprint density at radius 1 is 1.15 bits per heavy atom. The highest BCUT2D eigenvalue weighted by molar-refractivity contribution is 5.86. The van der Waals surface area contributed by atoms with Gasteiger partial charge in [-0.05, 0) is 38.2 Å². The Balaban J connectivity index is 0.00000225. The normalized spacial score (nSPS) is 23.5. The van der Waals surface area contributed by atoms with E-state index in [2.05, 4.69) is 10.00 Å². The molecule has 27 heavy (non-hydrogen) atoms. The van der Waals surface area contributed by atoms with Crippen LogP contribution in [0.25, 0.3) is 0 Å². The van der Waals surface area contributed by atoms with E-state index in [0.29, 0.717) is 11.9 Å². The average Bonchev–Trinajstić information content (AvgIpc) is 3.13. The topological polar surface area (TPSA) is 67.4 Å². The summed E-state index contributed by atoms with van der Waals surface area (Å²) in [4.78, 5) is 17.3. The summed E-state index contributed by atoms with van der Waals surface area (Å²) >= 11 is 0. The van der Waals surface area contributed by atoms with Crippen molar-refractivity contribution in [3.05, 3.63) is 18.5 Å². The average molecular weight is 443 g/mol. The molecular formula is C18H34Cl3N5O. The van der Waals surface area contributed by atoms with Crippen LogP contribution in [0.15, 0.2) is 18.5 Å². The number of piperidine rings is 1. The molecule has 2 heterocycles. The van der Waals surface area contributed by atoms with Crippen molar-refractivity contribution in [3.63, 3.8) is 0 Å². The lowest BCUT2D eigenvalue weighted by Gasteiger charge is -2.39. The van der Waals surface area contributed by atoms with Crippen LogP contribution < -0.4 is 5.73 Å². The van der Waals surface area contributed by atoms with Crippen LogP contribution in [-0.4, -0.2) is 64.3 Å². The molecule has 3 rings (SSSR count). The number of nitrogens with zero attached hydrogens (tertiary/aromatic N) is 4. The van der Waals surface area contributed by atoms with Gasteiger partial charge >= 0.3 is 0 Å². The molecule has 2 unspecified atom stereocenters. The van der Waals surface area contributed by atoms with Crippen LogP contribution >= 0.6 is 37.2 Å². The van der Waals surface area contributed by atoms with Crippen molar-refractivity contribution in [1.82, 2.24) is 19.6 Å². The van der Waals surface area contributed by atoms with Gasteiger partial charge in [0.15, 0.2) is 0 Å². The van der Waals surface area contributed by atoms with E-state index in [9.17, 15) is 4.79 Å². The van der Waals surface area contributed by atoms with Crippen LogP contribution in [0.3, 0.4) is 0 Å². The molecule has 1 aliphatic carbocycles. The van der Waals surface area contributed by atoms with Gasteiger partial charge in [-0.15, -0.1) is 37.2 Å². The fourth-order valence-corrected chi connectivity index (χ4v) is 4.13. The van der Waals surface area contributed by atoms with Crippen LogP contribution in [0.2, 0.25) is 0 Å². The predicted octanol–water partition coefficient (Wildman–Crippen LogP) is 2.59. The number of nitrogens with two attached hydrogens (primary N) is 1. The van der Waals surface area contributed by atoms with Crippen LogP contribution in [0.4, 0.5) is 0 Å². The van der Waals surface area contributed by atoms with Crippen molar-refractivity contribution >= 4 is 43.1 Å². The molecule has 0 radical (unpaired) electrons. The Labute approximate surface area is 181 Å². The molecule has 158 valence electrons. The van der Waals surface area contributed by atoms with Crippen molar-refractivity contribution in [3.8, 4) is 0 Å². The summed E-state index contributed by atoms with van der Waals surface area (Å²) < 4.78 is 1.98. The van der Waals surface area contributed by atoms with E-state index < -0.39 is 0 Å². The second-order valence-electron chi connectivity index (χ2n) is 7.41. The monoisotopic (exact) mass is 441 g/mol. The zero-order chi connectivity index (χ0) is 16.9. The van der Waals surface area contributed by atoms with Gasteiger partial charge in [0.25, 0.3) is 0 Å². The number of carbonyl (C=O) groups is 1. The third-order valence-electron chi connectivity index (χ3n) is 5.72. The van der Waals surface area contributed by atoms with E-state index in [4.69, 9.17) is 5.73 Å². The number of hydrogen-bond donors (Lipinski definition) is 1. The zero-order valence-corrected chi connectivity index (χ0v) is 18.5. The van der Waals surface area contributed by atoms with Crippen LogP contribution in [0.5, 0.6) is 0 Å². The van der Waals surface area contributed by atoms with Gasteiger partial charge in [0.1, 0.15) is 0 Å². The summed E-state index contributed by atoms with van der Waals surface area (Å²) in [7, 11) is 1.99. The number of carbonyl (C=O) groups excluding carboxylic acids is 1. The minimum Gasteiger partial charge on any atom is -0.342 e. The Hall–Kier alpha value is -0.530. The minimum atomic E-state index is 0. The maximum absolute atomic E-state index is 12.8. The lowest BCUT2D eigenvalue weighted by Crippen LogP contribution is -2.48. The van der Waals surface area contributed by atoms with E-state index in [1.165, 1.54) is 0 Å². The number of likely N-dealkylation sites (tertiary alicyclic amines) is 1. The lowest BCUT2D eigenvalue weighted by atomic mass is 9.85. The molecule has 1 aromatic rings. The van der Waals surface area contributed by atoms with Crippen molar-refractivity contribution in [1.29, 1.82) is 0 Å². The quantitative estimate of drug-likeness (QED) is 0.761. The fraction of sp³-hybridized carbons (Fsp3) is 0.778. The molecule has 2 aliphatic rings. The number of amides is 1. The molecule has 0 bridgehead atoms. The first kappa shape index (κ1) is 26.5. The standard InChI is InChI=1S/C18H31N5O.3ClH/c1-21(18(24)15-4-2-5-16(19)14-15)17-6-10-22(11-7-17)12-13-23-9-3-8-20-23;;;/h3,8-9,15-17H,2,4-7,10-14,19H2,1H3;3*1H. The van der Waals surface area contributed by atoms with Crippen molar-refractivity contribution in [2.75, 3.05) is 26.7 Å². The number of aromatic nitrogens is 2. The molecule has 2 N–H and O–H groups in total. The summed E-state index contributed by atoms with van der Waals surface area (Å²) in [6, 6.07) is 2.56. The summed E-state index contributed by atoms with van der Waals surface area (Å²) in [5.41, 5.74) is 6.05. The van der Waals surface area contributed by atoms with Crippen LogP contribution in [0, 0.1) is 5.92 Å². The number of halogens is 3. The van der Waals surface area contributed by atoms with Gasteiger partial charge in [0.05, 0.1) is 6.54 Å². The summed E-state index contributed by atoms with van der Waals surface area (Å²) in [6.45, 7) is 4.09. The van der Waals surface area contributed by atoms with Gasteiger partial charge in [-0.2, -0.15) is 5.10 Å². The van der Waals surface area contributed by atoms with Crippen LogP contribution in [0.1, 0.15) is 38.5 Å². The molecule has 2 atom stereocenters. The second-order valence-corrected chi connectivity index (χ2v) is 7.41. The number of hydrogen-bond acceptors (Lipinski definition) is 4. The minimum absolute atomic E-state index is 0. The van der Waals surface area contributed by atoms with Gasteiger partial charge in [-0.3, -0.25) is 9.48 Å².